The minimum Gasteiger partial charge on any atom is -0.383 e. The topological polar surface area (TPSA) is 119 Å². The number of hydrogen-bond acceptors (Lipinski definition) is 6. The number of carbonyl (C=O) groups is 1. The number of benzene rings is 2. The molecule has 30 heavy (non-hydrogen) atoms. The van der Waals surface area contributed by atoms with Crippen LogP contribution in [0.1, 0.15) is 31.1 Å². The van der Waals surface area contributed by atoms with Gasteiger partial charge in [0.1, 0.15) is 0 Å². The average Bonchev–Trinajstić information content (AvgIpc) is 2.68. The Balaban J connectivity index is 2.22. The second-order valence-electron chi connectivity index (χ2n) is 7.05. The van der Waals surface area contributed by atoms with Crippen LogP contribution in [0.15, 0.2) is 58.3 Å². The minimum absolute atomic E-state index is 0.0259. The molecule has 8 nitrogen and oxygen atoms in total. The van der Waals surface area contributed by atoms with Crippen molar-refractivity contribution in [3.05, 3.63) is 54.1 Å². The van der Waals surface area contributed by atoms with Crippen LogP contribution in [0.25, 0.3) is 0 Å². The summed E-state index contributed by atoms with van der Waals surface area (Å²) in [6.45, 7) is 5.00. The Labute approximate surface area is 177 Å². The van der Waals surface area contributed by atoms with Gasteiger partial charge in [0.05, 0.1) is 27.2 Å². The second kappa shape index (κ2) is 9.69. The molecule has 0 radical (unpaired) electrons. The van der Waals surface area contributed by atoms with Crippen molar-refractivity contribution in [1.82, 2.24) is 4.72 Å². The van der Waals surface area contributed by atoms with Crippen LogP contribution in [0.2, 0.25) is 0 Å². The SMILES string of the molecule is COCC(C)NS(=O)(=O)c1ccc(NC(=O)c2ccccc2S(=O)(=O)C(C)C)cc1. The van der Waals surface area contributed by atoms with Crippen LogP contribution in [0.5, 0.6) is 0 Å². The molecule has 0 saturated heterocycles. The van der Waals surface area contributed by atoms with Gasteiger partial charge in [-0.15, -0.1) is 0 Å². The lowest BCUT2D eigenvalue weighted by atomic mass is 10.2. The van der Waals surface area contributed by atoms with Gasteiger partial charge in [0, 0.05) is 18.8 Å². The van der Waals surface area contributed by atoms with Crippen LogP contribution in [0, 0.1) is 0 Å². The predicted molar refractivity (Wildman–Crippen MR) is 115 cm³/mol. The largest absolute Gasteiger partial charge is 0.383 e. The second-order valence-corrected chi connectivity index (χ2v) is 11.2. The fourth-order valence-electron chi connectivity index (χ4n) is 2.69. The van der Waals surface area contributed by atoms with Crippen molar-refractivity contribution in [2.24, 2.45) is 0 Å². The maximum Gasteiger partial charge on any atom is 0.256 e. The monoisotopic (exact) mass is 454 g/mol. The molecule has 164 valence electrons. The van der Waals surface area contributed by atoms with E-state index < -0.39 is 37.1 Å². The number of sulfone groups is 1. The van der Waals surface area contributed by atoms with E-state index in [1.807, 2.05) is 0 Å². The zero-order valence-electron chi connectivity index (χ0n) is 17.2. The Hall–Kier alpha value is -2.27. The van der Waals surface area contributed by atoms with Crippen LogP contribution in [-0.2, 0) is 24.6 Å². The zero-order chi connectivity index (χ0) is 22.5. The quantitative estimate of drug-likeness (QED) is 0.601. The van der Waals surface area contributed by atoms with E-state index in [2.05, 4.69) is 10.0 Å². The Morgan fingerprint density at radius 1 is 0.967 bits per heavy atom. The molecule has 0 bridgehead atoms. The molecule has 0 heterocycles. The Kier molecular flexibility index (Phi) is 7.75. The molecule has 2 aromatic rings. The van der Waals surface area contributed by atoms with Crippen molar-refractivity contribution in [2.75, 3.05) is 19.0 Å². The number of carbonyl (C=O) groups excluding carboxylic acids is 1. The van der Waals surface area contributed by atoms with E-state index in [9.17, 15) is 21.6 Å². The van der Waals surface area contributed by atoms with Crippen molar-refractivity contribution in [3.8, 4) is 0 Å². The summed E-state index contributed by atoms with van der Waals surface area (Å²) < 4.78 is 57.2. The number of ether oxygens (including phenoxy) is 1. The third-order valence-corrected chi connectivity index (χ3v) is 8.07. The average molecular weight is 455 g/mol. The molecule has 2 aromatic carbocycles. The van der Waals surface area contributed by atoms with E-state index in [1.54, 1.807) is 32.9 Å². The molecule has 0 aromatic heterocycles. The highest BCUT2D eigenvalue weighted by Gasteiger charge is 2.25. The van der Waals surface area contributed by atoms with Gasteiger partial charge in [0.15, 0.2) is 9.84 Å². The highest BCUT2D eigenvalue weighted by atomic mass is 32.2. The first-order valence-corrected chi connectivity index (χ1v) is 12.3. The van der Waals surface area contributed by atoms with Crippen molar-refractivity contribution >= 4 is 31.5 Å². The molecule has 1 amide bonds. The molecule has 10 heteroatoms. The summed E-state index contributed by atoms with van der Waals surface area (Å²) in [6, 6.07) is 11.2. The molecule has 0 fully saturated rings. The summed E-state index contributed by atoms with van der Waals surface area (Å²) in [5.41, 5.74) is 0.360. The molecule has 0 aliphatic rings. The van der Waals surface area contributed by atoms with Gasteiger partial charge in [-0.25, -0.2) is 21.6 Å². The standard InChI is InChI=1S/C20H26N2O6S2/c1-14(2)29(24,25)19-8-6-5-7-18(19)20(23)21-16-9-11-17(12-10-16)30(26,27)22-15(3)13-28-4/h5-12,14-15,22H,13H2,1-4H3,(H,21,23). The van der Waals surface area contributed by atoms with Gasteiger partial charge >= 0.3 is 0 Å². The molecule has 2 N–H and O–H groups in total. The van der Waals surface area contributed by atoms with Gasteiger partial charge in [-0.05, 0) is 57.2 Å². The first kappa shape index (κ1) is 24.0. The third kappa shape index (κ3) is 5.66. The van der Waals surface area contributed by atoms with Gasteiger partial charge in [-0.1, -0.05) is 12.1 Å². The first-order chi connectivity index (χ1) is 14.0. The lowest BCUT2D eigenvalue weighted by molar-refractivity contribution is 0.102. The third-order valence-electron chi connectivity index (χ3n) is 4.25. The van der Waals surface area contributed by atoms with E-state index in [0.29, 0.717) is 5.69 Å². The molecule has 1 atom stereocenters. The van der Waals surface area contributed by atoms with E-state index in [-0.39, 0.29) is 22.0 Å². The van der Waals surface area contributed by atoms with Crippen LogP contribution in [0.4, 0.5) is 5.69 Å². The van der Waals surface area contributed by atoms with Gasteiger partial charge in [-0.3, -0.25) is 4.79 Å². The number of methoxy groups -OCH3 is 1. The zero-order valence-corrected chi connectivity index (χ0v) is 18.9. The van der Waals surface area contributed by atoms with Gasteiger partial charge in [0.2, 0.25) is 10.0 Å². The lowest BCUT2D eigenvalue weighted by Crippen LogP contribution is -2.35. The van der Waals surface area contributed by atoms with Gasteiger partial charge in [-0.2, -0.15) is 0 Å². The van der Waals surface area contributed by atoms with Crippen LogP contribution in [-0.4, -0.2) is 47.8 Å². The normalized spacial score (nSPS) is 13.2. The Morgan fingerprint density at radius 3 is 2.13 bits per heavy atom. The van der Waals surface area contributed by atoms with Crippen molar-refractivity contribution < 1.29 is 26.4 Å². The fraction of sp³-hybridized carbons (Fsp3) is 0.350. The minimum atomic E-state index is -3.74. The number of hydrogen-bond donors (Lipinski definition) is 2. The number of sulfonamides is 1. The van der Waals surface area contributed by atoms with Gasteiger partial charge in [0.25, 0.3) is 5.91 Å². The summed E-state index contributed by atoms with van der Waals surface area (Å²) in [7, 11) is -5.90. The number of amides is 1. The fourth-order valence-corrected chi connectivity index (χ4v) is 5.16. The van der Waals surface area contributed by atoms with E-state index in [0.717, 1.165) is 0 Å². The number of nitrogens with one attached hydrogen (secondary N) is 2. The first-order valence-electron chi connectivity index (χ1n) is 9.24. The Bertz CT molecular complexity index is 1090. The maximum atomic E-state index is 12.7. The summed E-state index contributed by atoms with van der Waals surface area (Å²) in [5, 5.41) is 1.93. The summed E-state index contributed by atoms with van der Waals surface area (Å²) in [4.78, 5) is 12.7. The van der Waals surface area contributed by atoms with Crippen molar-refractivity contribution in [3.63, 3.8) is 0 Å². The number of anilines is 1. The van der Waals surface area contributed by atoms with E-state index >= 15 is 0 Å². The van der Waals surface area contributed by atoms with Crippen LogP contribution >= 0.6 is 0 Å². The molecular weight excluding hydrogens is 428 g/mol. The Morgan fingerprint density at radius 2 is 1.57 bits per heavy atom. The van der Waals surface area contributed by atoms with Crippen molar-refractivity contribution in [2.45, 2.75) is 41.9 Å². The summed E-state index contributed by atoms with van der Waals surface area (Å²) in [5.74, 6) is -0.600. The van der Waals surface area contributed by atoms with Gasteiger partial charge < -0.3 is 10.1 Å². The molecule has 1 unspecified atom stereocenters. The number of rotatable bonds is 9. The smallest absolute Gasteiger partial charge is 0.256 e. The molecular formula is C20H26N2O6S2. The highest BCUT2D eigenvalue weighted by molar-refractivity contribution is 7.92. The molecule has 0 aliphatic carbocycles. The maximum absolute atomic E-state index is 12.7. The van der Waals surface area contributed by atoms with E-state index in [1.165, 1.54) is 43.5 Å². The van der Waals surface area contributed by atoms with Crippen LogP contribution in [0.3, 0.4) is 0 Å². The molecule has 0 aliphatic heterocycles. The molecule has 0 saturated carbocycles. The highest BCUT2D eigenvalue weighted by Crippen LogP contribution is 2.22. The summed E-state index contributed by atoms with van der Waals surface area (Å²) >= 11 is 0. The van der Waals surface area contributed by atoms with Crippen LogP contribution < -0.4 is 10.0 Å². The molecule has 0 spiro atoms. The van der Waals surface area contributed by atoms with Crippen molar-refractivity contribution in [1.29, 1.82) is 0 Å². The summed E-state index contributed by atoms with van der Waals surface area (Å²) in [6.07, 6.45) is 0. The molecule has 2 rings (SSSR count). The lowest BCUT2D eigenvalue weighted by Gasteiger charge is -2.14. The predicted octanol–water partition coefficient (Wildman–Crippen LogP) is 2.43. The van der Waals surface area contributed by atoms with E-state index in [4.69, 9.17) is 4.74 Å².